The standard InChI is InChI=1S/C20H36N2O/c1-15(2)17-5-9-20(10-6-17)13-22(14-20)19(23)18-7-11-21(12-8-18)16(3)4/h15-18H,5-14H2,1-4H3. The van der Waals surface area contributed by atoms with Crippen LogP contribution in [-0.4, -0.2) is 47.9 Å². The van der Waals surface area contributed by atoms with Crippen molar-refractivity contribution in [3.05, 3.63) is 0 Å². The van der Waals surface area contributed by atoms with Gasteiger partial charge in [-0.3, -0.25) is 4.79 Å². The van der Waals surface area contributed by atoms with E-state index in [0.717, 1.165) is 50.9 Å². The molecule has 1 saturated carbocycles. The molecule has 23 heavy (non-hydrogen) atoms. The van der Waals surface area contributed by atoms with E-state index in [1.807, 2.05) is 0 Å². The maximum Gasteiger partial charge on any atom is 0.225 e. The second kappa shape index (κ2) is 6.74. The van der Waals surface area contributed by atoms with E-state index in [1.54, 1.807) is 0 Å². The molecule has 1 spiro atoms. The molecular weight excluding hydrogens is 284 g/mol. The lowest BCUT2D eigenvalue weighted by Gasteiger charge is -2.55. The second-order valence-electron chi connectivity index (χ2n) is 9.18. The van der Waals surface area contributed by atoms with E-state index in [4.69, 9.17) is 0 Å². The zero-order valence-corrected chi connectivity index (χ0v) is 15.7. The molecule has 2 aliphatic heterocycles. The van der Waals surface area contributed by atoms with Gasteiger partial charge in [0.1, 0.15) is 0 Å². The summed E-state index contributed by atoms with van der Waals surface area (Å²) in [6, 6.07) is 0.620. The summed E-state index contributed by atoms with van der Waals surface area (Å²) in [5.41, 5.74) is 0.500. The van der Waals surface area contributed by atoms with Gasteiger partial charge in [0.15, 0.2) is 0 Å². The fourth-order valence-electron chi connectivity index (χ4n) is 5.08. The number of piperidine rings is 1. The van der Waals surface area contributed by atoms with Crippen molar-refractivity contribution < 1.29 is 4.79 Å². The summed E-state index contributed by atoms with van der Waals surface area (Å²) in [5, 5.41) is 0. The Morgan fingerprint density at radius 3 is 2.00 bits per heavy atom. The van der Waals surface area contributed by atoms with Gasteiger partial charge in [0.25, 0.3) is 0 Å². The van der Waals surface area contributed by atoms with E-state index in [-0.39, 0.29) is 0 Å². The van der Waals surface area contributed by atoms with Crippen LogP contribution in [0.1, 0.15) is 66.2 Å². The molecule has 0 aromatic carbocycles. The number of amides is 1. The van der Waals surface area contributed by atoms with E-state index < -0.39 is 0 Å². The SMILES string of the molecule is CC(C)C1CCC2(CC1)CN(C(=O)C1CCN(C(C)C)CC1)C2. The average Bonchev–Trinajstić information content (AvgIpc) is 2.52. The fraction of sp³-hybridized carbons (Fsp3) is 0.950. The molecule has 3 nitrogen and oxygen atoms in total. The van der Waals surface area contributed by atoms with Gasteiger partial charge < -0.3 is 9.80 Å². The first kappa shape index (κ1) is 17.3. The first-order valence-electron chi connectivity index (χ1n) is 9.93. The molecule has 0 unspecified atom stereocenters. The van der Waals surface area contributed by atoms with Gasteiger partial charge in [-0.15, -0.1) is 0 Å². The Balaban J connectivity index is 1.44. The summed E-state index contributed by atoms with van der Waals surface area (Å²) in [6.45, 7) is 13.6. The minimum atomic E-state index is 0.300. The highest BCUT2D eigenvalue weighted by Crippen LogP contribution is 2.47. The topological polar surface area (TPSA) is 23.6 Å². The Morgan fingerprint density at radius 2 is 1.52 bits per heavy atom. The van der Waals surface area contributed by atoms with Gasteiger partial charge in [0, 0.05) is 30.5 Å². The molecule has 1 amide bonds. The van der Waals surface area contributed by atoms with Crippen molar-refractivity contribution >= 4 is 5.91 Å². The van der Waals surface area contributed by atoms with Crippen LogP contribution in [-0.2, 0) is 4.79 Å². The Kier molecular flexibility index (Phi) is 5.06. The van der Waals surface area contributed by atoms with E-state index in [1.165, 1.54) is 25.7 Å². The highest BCUT2D eigenvalue weighted by atomic mass is 16.2. The third kappa shape index (κ3) is 3.60. The molecular formula is C20H36N2O. The molecule has 0 aromatic heterocycles. The van der Waals surface area contributed by atoms with E-state index in [9.17, 15) is 4.79 Å². The van der Waals surface area contributed by atoms with Crippen LogP contribution in [0.25, 0.3) is 0 Å². The van der Waals surface area contributed by atoms with Crippen molar-refractivity contribution in [2.75, 3.05) is 26.2 Å². The van der Waals surface area contributed by atoms with Gasteiger partial charge >= 0.3 is 0 Å². The van der Waals surface area contributed by atoms with Crippen LogP contribution in [0.5, 0.6) is 0 Å². The molecule has 0 radical (unpaired) electrons. The molecule has 0 N–H and O–H groups in total. The molecule has 2 heterocycles. The Labute approximate surface area is 142 Å². The van der Waals surface area contributed by atoms with Crippen LogP contribution in [0, 0.1) is 23.2 Å². The fourth-order valence-corrected chi connectivity index (χ4v) is 5.08. The molecule has 3 aliphatic rings. The summed E-state index contributed by atoms with van der Waals surface area (Å²) in [4.78, 5) is 17.5. The van der Waals surface area contributed by atoms with Crippen molar-refractivity contribution in [1.82, 2.24) is 9.80 Å². The van der Waals surface area contributed by atoms with Gasteiger partial charge in [0.05, 0.1) is 0 Å². The molecule has 2 saturated heterocycles. The highest BCUT2D eigenvalue weighted by Gasteiger charge is 2.48. The number of nitrogens with zero attached hydrogens (tertiary/aromatic N) is 2. The summed E-state index contributed by atoms with van der Waals surface area (Å²) in [7, 11) is 0. The van der Waals surface area contributed by atoms with Crippen molar-refractivity contribution in [3.8, 4) is 0 Å². The van der Waals surface area contributed by atoms with Crippen molar-refractivity contribution in [3.63, 3.8) is 0 Å². The van der Waals surface area contributed by atoms with Crippen LogP contribution in [0.2, 0.25) is 0 Å². The summed E-state index contributed by atoms with van der Waals surface area (Å²) in [5.74, 6) is 2.52. The van der Waals surface area contributed by atoms with Gasteiger partial charge in [-0.05, 0) is 77.3 Å². The molecule has 1 aliphatic carbocycles. The van der Waals surface area contributed by atoms with Crippen LogP contribution < -0.4 is 0 Å². The minimum absolute atomic E-state index is 0.300. The number of carbonyl (C=O) groups excluding carboxylic acids is 1. The van der Waals surface area contributed by atoms with Crippen LogP contribution in [0.15, 0.2) is 0 Å². The number of carbonyl (C=O) groups is 1. The normalized spacial score (nSPS) is 27.0. The van der Waals surface area contributed by atoms with Crippen molar-refractivity contribution in [1.29, 1.82) is 0 Å². The second-order valence-corrected chi connectivity index (χ2v) is 9.18. The first-order chi connectivity index (χ1) is 10.9. The van der Waals surface area contributed by atoms with Crippen LogP contribution in [0.3, 0.4) is 0 Å². The number of hydrogen-bond donors (Lipinski definition) is 0. The molecule has 132 valence electrons. The molecule has 0 aromatic rings. The van der Waals surface area contributed by atoms with E-state index in [0.29, 0.717) is 23.3 Å². The molecule has 3 heteroatoms. The monoisotopic (exact) mass is 320 g/mol. The summed E-state index contributed by atoms with van der Waals surface area (Å²) >= 11 is 0. The smallest absolute Gasteiger partial charge is 0.225 e. The average molecular weight is 321 g/mol. The van der Waals surface area contributed by atoms with Gasteiger partial charge in [-0.25, -0.2) is 0 Å². The number of likely N-dealkylation sites (tertiary alicyclic amines) is 2. The highest BCUT2D eigenvalue weighted by molar-refractivity contribution is 5.80. The van der Waals surface area contributed by atoms with Gasteiger partial charge in [0.2, 0.25) is 5.91 Å². The maximum atomic E-state index is 12.8. The quantitative estimate of drug-likeness (QED) is 0.790. The number of hydrogen-bond acceptors (Lipinski definition) is 2. The largest absolute Gasteiger partial charge is 0.341 e. The van der Waals surface area contributed by atoms with Crippen molar-refractivity contribution in [2.45, 2.75) is 72.3 Å². The molecule has 0 atom stereocenters. The summed E-state index contributed by atoms with van der Waals surface area (Å²) in [6.07, 6.45) is 7.60. The van der Waals surface area contributed by atoms with E-state index >= 15 is 0 Å². The lowest BCUT2D eigenvalue weighted by atomic mass is 9.64. The zero-order valence-electron chi connectivity index (χ0n) is 15.7. The predicted octanol–water partition coefficient (Wildman–Crippen LogP) is 3.78. The van der Waals surface area contributed by atoms with Gasteiger partial charge in [-0.1, -0.05) is 13.8 Å². The zero-order chi connectivity index (χ0) is 16.6. The predicted molar refractivity (Wildman–Crippen MR) is 95.2 cm³/mol. The third-order valence-electron chi connectivity index (χ3n) is 7.01. The lowest BCUT2D eigenvalue weighted by molar-refractivity contribution is -0.152. The number of rotatable bonds is 3. The minimum Gasteiger partial charge on any atom is -0.341 e. The van der Waals surface area contributed by atoms with Crippen molar-refractivity contribution in [2.24, 2.45) is 23.2 Å². The first-order valence-corrected chi connectivity index (χ1v) is 9.93. The van der Waals surface area contributed by atoms with Gasteiger partial charge in [-0.2, -0.15) is 0 Å². The van der Waals surface area contributed by atoms with E-state index in [2.05, 4.69) is 37.5 Å². The Bertz CT molecular complexity index is 407. The van der Waals surface area contributed by atoms with Crippen LogP contribution in [0.4, 0.5) is 0 Å². The molecule has 3 rings (SSSR count). The van der Waals surface area contributed by atoms with Crippen LogP contribution >= 0.6 is 0 Å². The molecule has 3 fully saturated rings. The summed E-state index contributed by atoms with van der Waals surface area (Å²) < 4.78 is 0. The Hall–Kier alpha value is -0.570. The Morgan fingerprint density at radius 1 is 0.957 bits per heavy atom. The molecule has 0 bridgehead atoms. The maximum absolute atomic E-state index is 12.8. The third-order valence-corrected chi connectivity index (χ3v) is 7.01. The lowest BCUT2D eigenvalue weighted by Crippen LogP contribution is -2.61.